The zero-order chi connectivity index (χ0) is 13.7. The molecule has 0 saturated carbocycles. The number of hydrogen-bond donors (Lipinski definition) is 2. The van der Waals surface area contributed by atoms with Crippen molar-refractivity contribution in [3.63, 3.8) is 0 Å². The number of halogens is 1. The van der Waals surface area contributed by atoms with Gasteiger partial charge in [0, 0.05) is 12.7 Å². The van der Waals surface area contributed by atoms with Crippen molar-refractivity contribution in [1.82, 2.24) is 0 Å². The smallest absolute Gasteiger partial charge is 0.185 e. The van der Waals surface area contributed by atoms with Crippen LogP contribution in [0.5, 0.6) is 5.75 Å². The van der Waals surface area contributed by atoms with E-state index in [1.165, 1.54) is 20.1 Å². The minimum atomic E-state index is -1.08. The average molecular weight is 291 g/mol. The topological polar surface area (TPSA) is 66.8 Å². The zero-order valence-electron chi connectivity index (χ0n) is 10.1. The summed E-state index contributed by atoms with van der Waals surface area (Å²) in [5.41, 5.74) is 0.484. The van der Waals surface area contributed by atoms with E-state index in [1.54, 1.807) is 12.1 Å². The predicted octanol–water partition coefficient (Wildman–Crippen LogP) is 2.02. The van der Waals surface area contributed by atoms with Gasteiger partial charge in [-0.15, -0.1) is 0 Å². The first-order chi connectivity index (χ1) is 8.45. The van der Waals surface area contributed by atoms with Crippen molar-refractivity contribution >= 4 is 28.5 Å². The molecule has 0 bridgehead atoms. The minimum Gasteiger partial charge on any atom is -0.495 e. The molecular weight excluding hydrogens is 276 g/mol. The highest BCUT2D eigenvalue weighted by atomic mass is 35.5. The summed E-state index contributed by atoms with van der Waals surface area (Å²) in [4.78, 5) is 10.8. The first-order valence-electron chi connectivity index (χ1n) is 5.28. The highest BCUT2D eigenvalue weighted by Gasteiger charge is 2.20. The number of carbonyl (C=O) groups is 1. The van der Waals surface area contributed by atoms with Crippen molar-refractivity contribution in [2.45, 2.75) is 19.1 Å². The second-order valence-electron chi connectivity index (χ2n) is 3.71. The van der Waals surface area contributed by atoms with Crippen LogP contribution < -0.4 is 4.74 Å². The van der Waals surface area contributed by atoms with Gasteiger partial charge in [0.2, 0.25) is 0 Å². The normalized spacial score (nSPS) is 14.1. The van der Waals surface area contributed by atoms with Gasteiger partial charge in [0.05, 0.1) is 18.2 Å². The van der Waals surface area contributed by atoms with Gasteiger partial charge in [0.25, 0.3) is 0 Å². The molecule has 6 heteroatoms. The lowest BCUT2D eigenvalue weighted by Crippen LogP contribution is -2.21. The number of hydrogen-bond acceptors (Lipinski definition) is 5. The summed E-state index contributed by atoms with van der Waals surface area (Å²) >= 11 is 6.90. The third-order valence-electron chi connectivity index (χ3n) is 2.34. The molecule has 18 heavy (non-hydrogen) atoms. The molecule has 0 radical (unpaired) electrons. The summed E-state index contributed by atoms with van der Waals surface area (Å²) in [5, 5.41) is 19.9. The average Bonchev–Trinajstić information content (AvgIpc) is 2.34. The van der Waals surface area contributed by atoms with Crippen molar-refractivity contribution in [2.75, 3.05) is 12.9 Å². The van der Waals surface area contributed by atoms with E-state index in [1.807, 2.05) is 0 Å². The molecule has 2 N–H and O–H groups in total. The molecular formula is C12H15ClO4S. The second kappa shape index (κ2) is 6.99. The highest BCUT2D eigenvalue weighted by Crippen LogP contribution is 2.29. The van der Waals surface area contributed by atoms with Crippen LogP contribution in [0, 0.1) is 0 Å². The zero-order valence-corrected chi connectivity index (χ0v) is 11.7. The van der Waals surface area contributed by atoms with Gasteiger partial charge in [0.1, 0.15) is 11.9 Å². The molecule has 0 spiro atoms. The summed E-state index contributed by atoms with van der Waals surface area (Å²) in [6, 6.07) is 4.77. The maximum absolute atomic E-state index is 10.8. The Hall–Kier alpha value is -0.750. The Labute approximate surface area is 115 Å². The molecule has 0 amide bonds. The van der Waals surface area contributed by atoms with Crippen LogP contribution in [0.4, 0.5) is 0 Å². The molecule has 1 rings (SSSR count). The standard InChI is InChI=1S/C12H15ClO4S/c1-7(14)18-6-10(15)12(16)8-3-4-11(17-2)9(13)5-8/h3-5,10,12,15-16H,6H2,1-2H3. The Bertz CT molecular complexity index is 425. The van der Waals surface area contributed by atoms with Crippen LogP contribution in [0.2, 0.25) is 5.02 Å². The van der Waals surface area contributed by atoms with Crippen molar-refractivity contribution < 1.29 is 19.7 Å². The largest absolute Gasteiger partial charge is 0.495 e. The van der Waals surface area contributed by atoms with Crippen molar-refractivity contribution in [2.24, 2.45) is 0 Å². The lowest BCUT2D eigenvalue weighted by atomic mass is 10.1. The number of rotatable bonds is 5. The summed E-state index contributed by atoms with van der Waals surface area (Å²) in [6.07, 6.45) is -2.11. The Morgan fingerprint density at radius 1 is 1.50 bits per heavy atom. The third-order valence-corrected chi connectivity index (χ3v) is 3.55. The number of methoxy groups -OCH3 is 1. The Balaban J connectivity index is 2.74. The first-order valence-corrected chi connectivity index (χ1v) is 6.65. The van der Waals surface area contributed by atoms with E-state index in [0.29, 0.717) is 16.3 Å². The molecule has 1 aromatic carbocycles. The number of benzene rings is 1. The van der Waals surface area contributed by atoms with Crippen LogP contribution in [0.25, 0.3) is 0 Å². The van der Waals surface area contributed by atoms with Crippen molar-refractivity contribution in [3.05, 3.63) is 28.8 Å². The van der Waals surface area contributed by atoms with Crippen LogP contribution in [-0.2, 0) is 4.79 Å². The monoisotopic (exact) mass is 290 g/mol. The molecule has 100 valence electrons. The SMILES string of the molecule is COc1ccc(C(O)C(O)CSC(C)=O)cc1Cl. The quantitative estimate of drug-likeness (QED) is 0.868. The maximum atomic E-state index is 10.8. The first kappa shape index (κ1) is 15.3. The number of aliphatic hydroxyl groups excluding tert-OH is 2. The van der Waals surface area contributed by atoms with E-state index in [2.05, 4.69) is 0 Å². The van der Waals surface area contributed by atoms with Crippen molar-refractivity contribution in [3.8, 4) is 5.75 Å². The molecule has 2 atom stereocenters. The fourth-order valence-corrected chi connectivity index (χ4v) is 2.24. The minimum absolute atomic E-state index is 0.103. The Morgan fingerprint density at radius 3 is 2.67 bits per heavy atom. The van der Waals surface area contributed by atoms with Gasteiger partial charge in [-0.25, -0.2) is 0 Å². The molecule has 0 aliphatic rings. The molecule has 0 aromatic heterocycles. The molecule has 0 saturated heterocycles. The Morgan fingerprint density at radius 2 is 2.17 bits per heavy atom. The maximum Gasteiger partial charge on any atom is 0.185 e. The molecule has 0 aliphatic carbocycles. The van der Waals surface area contributed by atoms with Gasteiger partial charge in [-0.2, -0.15) is 0 Å². The van der Waals surface area contributed by atoms with E-state index >= 15 is 0 Å². The highest BCUT2D eigenvalue weighted by molar-refractivity contribution is 8.13. The molecule has 4 nitrogen and oxygen atoms in total. The van der Waals surface area contributed by atoms with Crippen LogP contribution in [0.1, 0.15) is 18.6 Å². The molecule has 0 aliphatic heterocycles. The van der Waals surface area contributed by atoms with E-state index in [-0.39, 0.29) is 10.9 Å². The number of aliphatic hydroxyl groups is 2. The number of carbonyl (C=O) groups excluding carboxylic acids is 1. The van der Waals surface area contributed by atoms with E-state index < -0.39 is 12.2 Å². The van der Waals surface area contributed by atoms with E-state index in [4.69, 9.17) is 16.3 Å². The third kappa shape index (κ3) is 4.17. The molecule has 2 unspecified atom stereocenters. The van der Waals surface area contributed by atoms with Gasteiger partial charge in [-0.3, -0.25) is 4.79 Å². The summed E-state index contributed by atoms with van der Waals surface area (Å²) in [5.74, 6) is 0.639. The summed E-state index contributed by atoms with van der Waals surface area (Å²) in [6.45, 7) is 1.41. The fraction of sp³-hybridized carbons (Fsp3) is 0.417. The van der Waals surface area contributed by atoms with E-state index in [9.17, 15) is 15.0 Å². The van der Waals surface area contributed by atoms with E-state index in [0.717, 1.165) is 11.8 Å². The predicted molar refractivity (Wildman–Crippen MR) is 72.1 cm³/mol. The number of thioether (sulfide) groups is 1. The van der Waals surface area contributed by atoms with Gasteiger partial charge in [-0.1, -0.05) is 29.4 Å². The van der Waals surface area contributed by atoms with Crippen molar-refractivity contribution in [1.29, 1.82) is 0 Å². The second-order valence-corrected chi connectivity index (χ2v) is 5.31. The lowest BCUT2D eigenvalue weighted by Gasteiger charge is -2.18. The van der Waals surface area contributed by atoms with Gasteiger partial charge < -0.3 is 14.9 Å². The van der Waals surface area contributed by atoms with Gasteiger partial charge in [0.15, 0.2) is 5.12 Å². The Kier molecular flexibility index (Phi) is 5.95. The van der Waals surface area contributed by atoms with Gasteiger partial charge >= 0.3 is 0 Å². The molecule has 0 heterocycles. The molecule has 1 aromatic rings. The number of ether oxygens (including phenoxy) is 1. The van der Waals surface area contributed by atoms with Crippen LogP contribution in [-0.4, -0.2) is 34.3 Å². The van der Waals surface area contributed by atoms with Crippen LogP contribution >= 0.6 is 23.4 Å². The lowest BCUT2D eigenvalue weighted by molar-refractivity contribution is -0.109. The van der Waals surface area contributed by atoms with Gasteiger partial charge in [-0.05, 0) is 17.7 Å². The molecule has 0 fully saturated rings. The summed E-state index contributed by atoms with van der Waals surface area (Å²) in [7, 11) is 1.50. The summed E-state index contributed by atoms with van der Waals surface area (Å²) < 4.78 is 4.99. The van der Waals surface area contributed by atoms with Crippen LogP contribution in [0.15, 0.2) is 18.2 Å². The fourth-order valence-electron chi connectivity index (χ4n) is 1.38. The van der Waals surface area contributed by atoms with Crippen LogP contribution in [0.3, 0.4) is 0 Å².